The van der Waals surface area contributed by atoms with Crippen LogP contribution in [0.1, 0.15) is 30.6 Å². The van der Waals surface area contributed by atoms with Gasteiger partial charge in [-0.3, -0.25) is 4.79 Å². The van der Waals surface area contributed by atoms with Crippen molar-refractivity contribution in [3.63, 3.8) is 0 Å². The highest BCUT2D eigenvalue weighted by Gasteiger charge is 2.15. The van der Waals surface area contributed by atoms with E-state index in [1.165, 1.54) is 0 Å². The normalized spacial score (nSPS) is 10.5. The van der Waals surface area contributed by atoms with Crippen molar-refractivity contribution in [2.24, 2.45) is 5.92 Å². The molecule has 0 aliphatic heterocycles. The van der Waals surface area contributed by atoms with Gasteiger partial charge in [0.15, 0.2) is 6.61 Å². The standard InChI is InChI=1S/C20H23NO3/c1-15(2)12-13-21-19(22)14-24-20(23)18-11-7-6-10-17(18)16-8-4-3-5-9-16/h3-11,15H,12-14H2,1-2H3,(H,21,22). The molecule has 0 spiro atoms. The topological polar surface area (TPSA) is 55.4 Å². The monoisotopic (exact) mass is 325 g/mol. The Hall–Kier alpha value is -2.62. The zero-order valence-corrected chi connectivity index (χ0v) is 14.1. The predicted molar refractivity (Wildman–Crippen MR) is 94.6 cm³/mol. The van der Waals surface area contributed by atoms with E-state index >= 15 is 0 Å². The summed E-state index contributed by atoms with van der Waals surface area (Å²) in [6.07, 6.45) is 0.899. The molecule has 24 heavy (non-hydrogen) atoms. The third-order valence-electron chi connectivity index (χ3n) is 3.61. The van der Waals surface area contributed by atoms with Crippen molar-refractivity contribution in [2.75, 3.05) is 13.2 Å². The summed E-state index contributed by atoms with van der Waals surface area (Å²) in [6, 6.07) is 16.9. The van der Waals surface area contributed by atoms with Gasteiger partial charge in [0.05, 0.1) is 5.56 Å². The van der Waals surface area contributed by atoms with Gasteiger partial charge in [-0.15, -0.1) is 0 Å². The Morgan fingerprint density at radius 1 is 1.00 bits per heavy atom. The molecular formula is C20H23NO3. The fourth-order valence-electron chi connectivity index (χ4n) is 2.29. The number of hydrogen-bond acceptors (Lipinski definition) is 3. The molecule has 0 radical (unpaired) electrons. The van der Waals surface area contributed by atoms with Gasteiger partial charge in [0, 0.05) is 6.54 Å². The van der Waals surface area contributed by atoms with Crippen LogP contribution in [0.25, 0.3) is 11.1 Å². The number of benzene rings is 2. The highest BCUT2D eigenvalue weighted by atomic mass is 16.5. The van der Waals surface area contributed by atoms with E-state index in [0.717, 1.165) is 17.5 Å². The van der Waals surface area contributed by atoms with Gasteiger partial charge in [0.1, 0.15) is 0 Å². The molecule has 0 aromatic heterocycles. The largest absolute Gasteiger partial charge is 0.452 e. The zero-order valence-electron chi connectivity index (χ0n) is 14.1. The molecule has 0 bridgehead atoms. The van der Waals surface area contributed by atoms with Gasteiger partial charge in [-0.25, -0.2) is 4.79 Å². The van der Waals surface area contributed by atoms with Gasteiger partial charge in [0.25, 0.3) is 5.91 Å². The van der Waals surface area contributed by atoms with Crippen molar-refractivity contribution in [3.05, 3.63) is 60.2 Å². The van der Waals surface area contributed by atoms with Crippen molar-refractivity contribution in [1.82, 2.24) is 5.32 Å². The zero-order chi connectivity index (χ0) is 17.4. The van der Waals surface area contributed by atoms with E-state index in [-0.39, 0.29) is 12.5 Å². The van der Waals surface area contributed by atoms with E-state index in [4.69, 9.17) is 4.74 Å². The molecule has 0 aliphatic rings. The quantitative estimate of drug-likeness (QED) is 0.790. The van der Waals surface area contributed by atoms with Crippen LogP contribution in [-0.4, -0.2) is 25.0 Å². The Morgan fingerprint density at radius 2 is 1.67 bits per heavy atom. The van der Waals surface area contributed by atoms with Crippen LogP contribution < -0.4 is 5.32 Å². The number of ether oxygens (including phenoxy) is 1. The summed E-state index contributed by atoms with van der Waals surface area (Å²) in [5.41, 5.74) is 2.19. The second-order valence-corrected chi connectivity index (χ2v) is 6.02. The summed E-state index contributed by atoms with van der Waals surface area (Å²) < 4.78 is 5.16. The van der Waals surface area contributed by atoms with E-state index < -0.39 is 5.97 Å². The van der Waals surface area contributed by atoms with Crippen molar-refractivity contribution < 1.29 is 14.3 Å². The number of amides is 1. The second-order valence-electron chi connectivity index (χ2n) is 6.02. The van der Waals surface area contributed by atoms with Crippen molar-refractivity contribution in [2.45, 2.75) is 20.3 Å². The molecule has 1 N–H and O–H groups in total. The molecule has 2 aromatic rings. The van der Waals surface area contributed by atoms with Crippen molar-refractivity contribution >= 4 is 11.9 Å². The number of nitrogens with one attached hydrogen (secondary N) is 1. The summed E-state index contributed by atoms with van der Waals surface area (Å²) in [5, 5.41) is 2.75. The van der Waals surface area contributed by atoms with Crippen LogP contribution in [0.15, 0.2) is 54.6 Å². The highest BCUT2D eigenvalue weighted by molar-refractivity contribution is 5.98. The molecule has 2 rings (SSSR count). The number of esters is 1. The summed E-state index contributed by atoms with van der Waals surface area (Å²) >= 11 is 0. The minimum atomic E-state index is -0.492. The smallest absolute Gasteiger partial charge is 0.339 e. The maximum absolute atomic E-state index is 12.3. The van der Waals surface area contributed by atoms with E-state index in [2.05, 4.69) is 19.2 Å². The lowest BCUT2D eigenvalue weighted by Gasteiger charge is -2.10. The highest BCUT2D eigenvalue weighted by Crippen LogP contribution is 2.23. The average molecular weight is 325 g/mol. The number of carbonyl (C=O) groups is 2. The lowest BCUT2D eigenvalue weighted by atomic mass is 10.00. The Balaban J connectivity index is 1.97. The molecule has 4 nitrogen and oxygen atoms in total. The van der Waals surface area contributed by atoms with Crippen molar-refractivity contribution in [1.29, 1.82) is 0 Å². The lowest BCUT2D eigenvalue weighted by molar-refractivity contribution is -0.124. The van der Waals surface area contributed by atoms with Crippen LogP contribution in [0, 0.1) is 5.92 Å². The molecule has 0 aliphatic carbocycles. The van der Waals surface area contributed by atoms with Gasteiger partial charge < -0.3 is 10.1 Å². The third kappa shape index (κ3) is 5.23. The summed E-state index contributed by atoms with van der Waals surface area (Å²) in [7, 11) is 0. The predicted octanol–water partition coefficient (Wildman–Crippen LogP) is 3.67. The van der Waals surface area contributed by atoms with E-state index in [1.807, 2.05) is 42.5 Å². The van der Waals surface area contributed by atoms with Crippen LogP contribution in [0.3, 0.4) is 0 Å². The van der Waals surface area contributed by atoms with Crippen LogP contribution in [0.5, 0.6) is 0 Å². The first kappa shape index (κ1) is 17.7. The number of carbonyl (C=O) groups excluding carboxylic acids is 2. The Morgan fingerprint density at radius 3 is 2.38 bits per heavy atom. The minimum absolute atomic E-state index is 0.264. The van der Waals surface area contributed by atoms with E-state index in [9.17, 15) is 9.59 Å². The molecule has 0 saturated heterocycles. The van der Waals surface area contributed by atoms with Gasteiger partial charge in [-0.2, -0.15) is 0 Å². The number of rotatable bonds is 7. The fraction of sp³-hybridized carbons (Fsp3) is 0.300. The SMILES string of the molecule is CC(C)CCNC(=O)COC(=O)c1ccccc1-c1ccccc1. The molecule has 0 fully saturated rings. The molecule has 0 heterocycles. The first-order valence-electron chi connectivity index (χ1n) is 8.16. The van der Waals surface area contributed by atoms with Gasteiger partial charge >= 0.3 is 5.97 Å². The maximum Gasteiger partial charge on any atom is 0.339 e. The van der Waals surface area contributed by atoms with Crippen LogP contribution in [0.4, 0.5) is 0 Å². The summed E-state index contributed by atoms with van der Waals surface area (Å²) in [4.78, 5) is 24.0. The van der Waals surface area contributed by atoms with Gasteiger partial charge in [-0.1, -0.05) is 62.4 Å². The van der Waals surface area contributed by atoms with E-state index in [0.29, 0.717) is 18.0 Å². The average Bonchev–Trinajstić information content (AvgIpc) is 2.60. The second kappa shape index (κ2) is 8.87. The number of hydrogen-bond donors (Lipinski definition) is 1. The first-order chi connectivity index (χ1) is 11.6. The van der Waals surface area contributed by atoms with Gasteiger partial charge in [-0.05, 0) is 29.5 Å². The molecular weight excluding hydrogens is 302 g/mol. The van der Waals surface area contributed by atoms with Gasteiger partial charge in [0.2, 0.25) is 0 Å². The molecule has 0 unspecified atom stereocenters. The van der Waals surface area contributed by atoms with Crippen LogP contribution >= 0.6 is 0 Å². The van der Waals surface area contributed by atoms with E-state index in [1.54, 1.807) is 12.1 Å². The summed E-state index contributed by atoms with van der Waals surface area (Å²) in [5.74, 6) is -0.250. The maximum atomic E-state index is 12.3. The molecule has 0 saturated carbocycles. The fourth-order valence-corrected chi connectivity index (χ4v) is 2.29. The Bertz CT molecular complexity index is 680. The van der Waals surface area contributed by atoms with Crippen LogP contribution in [0.2, 0.25) is 0 Å². The third-order valence-corrected chi connectivity index (χ3v) is 3.61. The van der Waals surface area contributed by atoms with Crippen molar-refractivity contribution in [3.8, 4) is 11.1 Å². The molecule has 2 aromatic carbocycles. The van der Waals surface area contributed by atoms with Crippen LogP contribution in [-0.2, 0) is 9.53 Å². The minimum Gasteiger partial charge on any atom is -0.452 e. The molecule has 0 atom stereocenters. The Kier molecular flexibility index (Phi) is 6.55. The molecule has 126 valence electrons. The summed E-state index contributed by atoms with van der Waals surface area (Å²) in [6.45, 7) is 4.51. The Labute approximate surface area is 142 Å². The molecule has 1 amide bonds. The first-order valence-corrected chi connectivity index (χ1v) is 8.16. The molecule has 4 heteroatoms. The lowest BCUT2D eigenvalue weighted by Crippen LogP contribution is -2.30.